The predicted octanol–water partition coefficient (Wildman–Crippen LogP) is 12.7. The third-order valence-corrected chi connectivity index (χ3v) is 14.7. The van der Waals surface area contributed by atoms with Gasteiger partial charge in [-0.05, 0) is 172 Å². The topological polar surface area (TPSA) is 195 Å². The number of nitrogens with one attached hydrogen (secondary N) is 1. The summed E-state index contributed by atoms with van der Waals surface area (Å²) in [5.41, 5.74) is 7.69. The Labute approximate surface area is 426 Å². The van der Waals surface area contributed by atoms with Gasteiger partial charge in [-0.25, -0.2) is 4.79 Å². The highest BCUT2D eigenvalue weighted by Gasteiger charge is 2.37. The molecule has 11 nitrogen and oxygen atoms in total. The quantitative estimate of drug-likeness (QED) is 0.0246. The molecule has 5 unspecified atom stereocenters. The fourth-order valence-corrected chi connectivity index (χ4v) is 10.4. The molecule has 0 spiro atoms. The minimum Gasteiger partial charge on any atom is -0.507 e. The van der Waals surface area contributed by atoms with E-state index in [1.165, 1.54) is 6.92 Å². The number of Topliss-reactive ketones (excluding diaryl/α,β-unsaturated/α-hetero) is 4. The van der Waals surface area contributed by atoms with Crippen LogP contribution in [-0.2, 0) is 40.1 Å². The summed E-state index contributed by atoms with van der Waals surface area (Å²) < 4.78 is 0. The van der Waals surface area contributed by atoms with E-state index in [1.54, 1.807) is 25.1 Å². The van der Waals surface area contributed by atoms with Crippen molar-refractivity contribution in [3.8, 4) is 17.2 Å². The van der Waals surface area contributed by atoms with Gasteiger partial charge in [0.25, 0.3) is 0 Å². The SMILES string of the molecule is CC(=O)CCCCc1cc(C2C=CCCC2)cc(C(C)=O)c1O.CCCCCc1cc(O)c2c(c1)C(c1ccccc1)CC(NC=O)C2=O.CCCCc1cc(C(=O)O)c(O)cc1CC1CC(=O)CCC1C. The molecule has 0 aromatic heterocycles. The minimum absolute atomic E-state index is 0.0253. The largest absolute Gasteiger partial charge is 0.507 e. The van der Waals surface area contributed by atoms with Crippen molar-refractivity contribution < 1.29 is 49.2 Å². The molecule has 0 saturated heterocycles. The Morgan fingerprint density at radius 2 is 1.49 bits per heavy atom. The van der Waals surface area contributed by atoms with Gasteiger partial charge >= 0.3 is 5.97 Å². The number of unbranched alkanes of at least 4 members (excludes halogenated alkanes) is 4. The number of amides is 1. The molecule has 72 heavy (non-hydrogen) atoms. The number of allylic oxidation sites excluding steroid dienone is 2. The number of carboxylic acids is 1. The van der Waals surface area contributed by atoms with Crippen LogP contribution in [0.25, 0.3) is 0 Å². The van der Waals surface area contributed by atoms with Gasteiger partial charge in [0, 0.05) is 31.1 Å². The monoisotopic (exact) mass is 984 g/mol. The van der Waals surface area contributed by atoms with Crippen LogP contribution in [0.3, 0.4) is 0 Å². The molecule has 7 rings (SSSR count). The smallest absolute Gasteiger partial charge is 0.339 e. The summed E-state index contributed by atoms with van der Waals surface area (Å²) in [5, 5.41) is 42.8. The van der Waals surface area contributed by atoms with Crippen molar-refractivity contribution in [2.24, 2.45) is 11.8 Å². The minimum atomic E-state index is -1.10. The summed E-state index contributed by atoms with van der Waals surface area (Å²) >= 11 is 0. The van der Waals surface area contributed by atoms with Crippen LogP contribution < -0.4 is 5.32 Å². The standard InChI is InChI=1S/C22H25NO3.C20H26O3.C19H26O4/c1-2-3-5-8-15-11-18-17(16-9-6-4-7-10-16)13-19(23-14-24)22(26)21(18)20(25)12-15;1-14(21)8-6-7-11-17-12-18(16-9-4-3-5-10-16)13-19(15(2)22)20(17)23;1-3-4-5-13-10-17(19(22)23)18(21)11-15(13)8-14-9-16(20)7-6-12(14)2/h4,6-7,9-12,14,17,19,25H,2-3,5,8,13H2,1H3,(H,23,24);4,9,12-13,16,23H,3,5-8,10-11H2,1-2H3;10-12,14,21H,3-9H2,1-2H3,(H,22,23). The van der Waals surface area contributed by atoms with Gasteiger partial charge in [-0.2, -0.15) is 0 Å². The van der Waals surface area contributed by atoms with Crippen LogP contribution in [0, 0.1) is 11.8 Å². The van der Waals surface area contributed by atoms with E-state index in [0.717, 1.165) is 129 Å². The van der Waals surface area contributed by atoms with Crippen LogP contribution in [0.15, 0.2) is 78.9 Å². The van der Waals surface area contributed by atoms with Crippen LogP contribution in [-0.4, -0.2) is 62.0 Å². The fourth-order valence-electron chi connectivity index (χ4n) is 10.4. The van der Waals surface area contributed by atoms with Crippen LogP contribution in [0.1, 0.15) is 213 Å². The van der Waals surface area contributed by atoms with E-state index in [4.69, 9.17) is 0 Å². The Morgan fingerprint density at radius 1 is 0.764 bits per heavy atom. The number of rotatable bonds is 20. The second-order valence-electron chi connectivity index (χ2n) is 20.2. The number of carbonyl (C=O) groups is 6. The molecule has 3 aliphatic carbocycles. The lowest BCUT2D eigenvalue weighted by atomic mass is 9.75. The number of ketones is 4. The van der Waals surface area contributed by atoms with Gasteiger partial charge in [0.1, 0.15) is 34.4 Å². The van der Waals surface area contributed by atoms with E-state index in [1.807, 2.05) is 42.5 Å². The number of fused-ring (bicyclic) bond motifs is 1. The van der Waals surface area contributed by atoms with Crippen molar-refractivity contribution in [2.45, 2.75) is 174 Å². The van der Waals surface area contributed by atoms with Crippen LogP contribution in [0.4, 0.5) is 0 Å². The van der Waals surface area contributed by atoms with Crippen LogP contribution in [0.2, 0.25) is 0 Å². The van der Waals surface area contributed by atoms with Crippen LogP contribution >= 0.6 is 0 Å². The third kappa shape index (κ3) is 15.8. The third-order valence-electron chi connectivity index (χ3n) is 14.7. The number of aromatic hydroxyl groups is 3. The Bertz CT molecular complexity index is 2540. The van der Waals surface area contributed by atoms with Crippen molar-refractivity contribution >= 4 is 35.5 Å². The molecule has 4 aromatic carbocycles. The van der Waals surface area contributed by atoms with Crippen molar-refractivity contribution in [1.29, 1.82) is 0 Å². The summed E-state index contributed by atoms with van der Waals surface area (Å²) in [5.74, 6) is 0.119. The summed E-state index contributed by atoms with van der Waals surface area (Å²) in [4.78, 5) is 69.6. The predicted molar refractivity (Wildman–Crippen MR) is 283 cm³/mol. The molecule has 1 saturated carbocycles. The molecule has 3 aliphatic rings. The highest BCUT2D eigenvalue weighted by molar-refractivity contribution is 6.06. The average molecular weight is 984 g/mol. The molecule has 4 aromatic rings. The molecular weight excluding hydrogens is 907 g/mol. The van der Waals surface area contributed by atoms with Gasteiger partial charge in [0.15, 0.2) is 11.6 Å². The van der Waals surface area contributed by atoms with E-state index >= 15 is 0 Å². The number of benzene rings is 4. The van der Waals surface area contributed by atoms with Gasteiger partial charge < -0.3 is 30.5 Å². The molecule has 0 heterocycles. The number of hydrogen-bond donors (Lipinski definition) is 5. The first-order chi connectivity index (χ1) is 34.6. The first kappa shape index (κ1) is 56.6. The second-order valence-corrected chi connectivity index (χ2v) is 20.2. The highest BCUT2D eigenvalue weighted by atomic mass is 16.4. The van der Waals surface area contributed by atoms with E-state index < -0.39 is 12.0 Å². The molecule has 5 atom stereocenters. The maximum Gasteiger partial charge on any atom is 0.339 e. The van der Waals surface area contributed by atoms with Gasteiger partial charge in [0.05, 0.1) is 17.2 Å². The van der Waals surface area contributed by atoms with Crippen molar-refractivity contribution in [3.63, 3.8) is 0 Å². The average Bonchev–Trinajstić information content (AvgIpc) is 3.35. The number of carbonyl (C=O) groups excluding carboxylic acids is 5. The van der Waals surface area contributed by atoms with Crippen molar-refractivity contribution in [1.82, 2.24) is 5.32 Å². The molecule has 5 N–H and O–H groups in total. The molecule has 0 bridgehead atoms. The molecule has 1 amide bonds. The maximum atomic E-state index is 12.8. The van der Waals surface area contributed by atoms with Gasteiger partial charge in [-0.3, -0.25) is 19.2 Å². The number of carboxylic acid groups (broad SMARTS) is 1. The number of aryl methyl sites for hydroxylation is 3. The lowest BCUT2D eigenvalue weighted by molar-refractivity contribution is -0.122. The summed E-state index contributed by atoms with van der Waals surface area (Å²) in [7, 11) is 0. The number of phenols is 3. The van der Waals surface area contributed by atoms with E-state index in [9.17, 15) is 49.2 Å². The normalized spacial score (nSPS) is 19.2. The zero-order chi connectivity index (χ0) is 52.3. The van der Waals surface area contributed by atoms with Gasteiger partial charge in [0.2, 0.25) is 6.41 Å². The summed E-state index contributed by atoms with van der Waals surface area (Å²) in [6, 6.07) is 20.2. The fraction of sp³-hybridized carbons (Fsp3) is 0.475. The van der Waals surface area contributed by atoms with E-state index in [0.29, 0.717) is 67.3 Å². The lowest BCUT2D eigenvalue weighted by Crippen LogP contribution is -2.41. The Morgan fingerprint density at radius 3 is 2.14 bits per heavy atom. The Kier molecular flexibility index (Phi) is 22.0. The van der Waals surface area contributed by atoms with E-state index in [-0.39, 0.29) is 52.0 Å². The number of phenolic OH excluding ortho intramolecular Hbond substituents is 2. The van der Waals surface area contributed by atoms with Gasteiger partial charge in [-0.15, -0.1) is 0 Å². The first-order valence-electron chi connectivity index (χ1n) is 26.3. The lowest BCUT2D eigenvalue weighted by Gasteiger charge is -2.31. The van der Waals surface area contributed by atoms with Crippen molar-refractivity contribution in [3.05, 3.63) is 135 Å². The number of aromatic carboxylic acids is 1. The zero-order valence-electron chi connectivity index (χ0n) is 43.1. The molecule has 1 fully saturated rings. The molecular formula is C61H77NO10. The number of hydrogen-bond acceptors (Lipinski definition) is 9. The second kappa shape index (κ2) is 28.0. The zero-order valence-corrected chi connectivity index (χ0v) is 43.1. The first-order valence-corrected chi connectivity index (χ1v) is 26.3. The highest BCUT2D eigenvalue weighted by Crippen LogP contribution is 2.42. The summed E-state index contributed by atoms with van der Waals surface area (Å²) in [6.45, 7) is 9.53. The molecule has 386 valence electrons. The summed E-state index contributed by atoms with van der Waals surface area (Å²) in [6.07, 6.45) is 21.7. The molecule has 11 heteroatoms. The Hall–Kier alpha value is -6.36. The maximum absolute atomic E-state index is 12.8. The van der Waals surface area contributed by atoms with Gasteiger partial charge in [-0.1, -0.05) is 94.7 Å². The van der Waals surface area contributed by atoms with Crippen LogP contribution in [0.5, 0.6) is 17.2 Å². The molecule has 0 aliphatic heterocycles. The van der Waals surface area contributed by atoms with E-state index in [2.05, 4.69) is 44.3 Å². The van der Waals surface area contributed by atoms with Crippen molar-refractivity contribution in [2.75, 3.05) is 0 Å². The molecule has 0 radical (unpaired) electrons. The Balaban J connectivity index is 0.000000201.